The Labute approximate surface area is 276 Å². The third-order valence-electron chi connectivity index (χ3n) is 7.86. The van der Waals surface area contributed by atoms with E-state index in [4.69, 9.17) is 19.3 Å². The Hall–Kier alpha value is -5.43. The molecule has 0 bridgehead atoms. The first kappa shape index (κ1) is 35.4. The summed E-state index contributed by atoms with van der Waals surface area (Å²) in [7, 11) is 3.16. The molecule has 0 aliphatic heterocycles. The van der Waals surface area contributed by atoms with E-state index in [1.807, 2.05) is 78.9 Å². The van der Waals surface area contributed by atoms with E-state index in [0.717, 1.165) is 30.4 Å². The van der Waals surface area contributed by atoms with Gasteiger partial charge >= 0.3 is 23.0 Å². The molecular weight excluding hydrogens is 620 g/mol. The van der Waals surface area contributed by atoms with E-state index in [9.17, 15) is 24.0 Å². The van der Waals surface area contributed by atoms with Gasteiger partial charge in [-0.25, -0.2) is 28.1 Å². The summed E-state index contributed by atoms with van der Waals surface area (Å²) >= 11 is 0. The van der Waals surface area contributed by atoms with Crippen molar-refractivity contribution in [3.8, 4) is 11.5 Å². The van der Waals surface area contributed by atoms with Crippen LogP contribution in [0.2, 0.25) is 0 Å². The van der Waals surface area contributed by atoms with Crippen molar-refractivity contribution in [2.75, 3.05) is 27.4 Å². The Morgan fingerprint density at radius 1 is 0.688 bits per heavy atom. The van der Waals surface area contributed by atoms with Crippen LogP contribution in [0.25, 0.3) is 0 Å². The molecule has 13 nitrogen and oxygen atoms in total. The number of carboxylic acids is 1. The molecule has 0 saturated heterocycles. The molecule has 0 unspecified atom stereocenters. The molecule has 48 heavy (non-hydrogen) atoms. The van der Waals surface area contributed by atoms with Crippen molar-refractivity contribution in [1.29, 1.82) is 0 Å². The van der Waals surface area contributed by atoms with E-state index >= 15 is 0 Å². The lowest BCUT2D eigenvalue weighted by molar-refractivity contribution is -0.138. The molecule has 13 heteroatoms. The molecule has 1 amide bonds. The van der Waals surface area contributed by atoms with Crippen LogP contribution in [-0.2, 0) is 39.6 Å². The van der Waals surface area contributed by atoms with Gasteiger partial charge in [0.1, 0.15) is 17.1 Å². The lowest BCUT2D eigenvalue weighted by Crippen LogP contribution is -2.55. The van der Waals surface area contributed by atoms with E-state index in [2.05, 4.69) is 5.32 Å². The minimum absolute atomic E-state index is 0.0788. The Balaban J connectivity index is 1.73. The fourth-order valence-corrected chi connectivity index (χ4v) is 5.46. The third kappa shape index (κ3) is 7.92. The predicted octanol–water partition coefficient (Wildman–Crippen LogP) is 2.59. The van der Waals surface area contributed by atoms with Crippen LogP contribution < -0.4 is 31.9 Å². The molecule has 0 aliphatic carbocycles. The van der Waals surface area contributed by atoms with Gasteiger partial charge in [0.15, 0.2) is 0 Å². The maximum absolute atomic E-state index is 13.6. The summed E-state index contributed by atoms with van der Waals surface area (Å²) in [5.41, 5.74) is -1.28. The standard InChI is InChI=1S/C35H40N4O9/c1-4-21-37-32(43)38(22-20-36-30(40)18-19-31(41)42)34(45)39(33(37)44)23-24-48-35(25-8-6-5-7-9-25,26-10-14-28(46-2)15-11-26)27-12-16-29(47-3)17-13-27/h5-17H,4,18-24H2,1-3H3,(H,36,40)(H,41,42). The topological polar surface area (TPSA) is 160 Å². The van der Waals surface area contributed by atoms with Crippen LogP contribution in [0.1, 0.15) is 42.9 Å². The van der Waals surface area contributed by atoms with Crippen LogP contribution in [0.15, 0.2) is 93.2 Å². The number of carbonyl (C=O) groups excluding carboxylic acids is 1. The number of carbonyl (C=O) groups is 2. The molecule has 4 rings (SSSR count). The Morgan fingerprint density at radius 3 is 1.65 bits per heavy atom. The summed E-state index contributed by atoms with van der Waals surface area (Å²) in [5, 5.41) is 11.3. The van der Waals surface area contributed by atoms with Gasteiger partial charge < -0.3 is 24.6 Å². The van der Waals surface area contributed by atoms with E-state index in [0.29, 0.717) is 17.9 Å². The molecule has 0 radical (unpaired) electrons. The van der Waals surface area contributed by atoms with Crippen LogP contribution in [0.5, 0.6) is 11.5 Å². The molecule has 0 saturated carbocycles. The first-order valence-electron chi connectivity index (χ1n) is 15.6. The van der Waals surface area contributed by atoms with Crippen LogP contribution in [0.3, 0.4) is 0 Å². The van der Waals surface area contributed by atoms with Crippen molar-refractivity contribution < 1.29 is 28.9 Å². The zero-order chi connectivity index (χ0) is 34.7. The summed E-state index contributed by atoms with van der Waals surface area (Å²) in [5.74, 6) is -0.346. The van der Waals surface area contributed by atoms with E-state index in [-0.39, 0.29) is 45.6 Å². The van der Waals surface area contributed by atoms with Gasteiger partial charge in [0.05, 0.1) is 33.8 Å². The zero-order valence-corrected chi connectivity index (χ0v) is 27.2. The monoisotopic (exact) mass is 660 g/mol. The van der Waals surface area contributed by atoms with Gasteiger partial charge in [-0.1, -0.05) is 61.5 Å². The van der Waals surface area contributed by atoms with Crippen molar-refractivity contribution in [2.45, 2.75) is 51.4 Å². The number of nitrogens with one attached hydrogen (secondary N) is 1. The lowest BCUT2D eigenvalue weighted by Gasteiger charge is -2.36. The SMILES string of the molecule is CCCn1c(=O)n(CCNC(=O)CCC(=O)O)c(=O)n(CCOC(c2ccccc2)(c2ccc(OC)cc2)c2ccc(OC)cc2)c1=O. The second-order valence-electron chi connectivity index (χ2n) is 10.9. The highest BCUT2D eigenvalue weighted by Crippen LogP contribution is 2.41. The van der Waals surface area contributed by atoms with E-state index in [1.165, 1.54) is 0 Å². The normalized spacial score (nSPS) is 11.2. The molecule has 3 aromatic carbocycles. The van der Waals surface area contributed by atoms with Crippen LogP contribution in [0, 0.1) is 0 Å². The highest BCUT2D eigenvalue weighted by Gasteiger charge is 2.38. The number of aliphatic carboxylic acids is 1. The number of methoxy groups -OCH3 is 2. The summed E-state index contributed by atoms with van der Waals surface area (Å²) < 4.78 is 20.4. The average molecular weight is 661 g/mol. The molecule has 254 valence electrons. The molecule has 2 N–H and O–H groups in total. The Kier molecular flexibility index (Phi) is 12.1. The summed E-state index contributed by atoms with van der Waals surface area (Å²) in [6.45, 7) is 1.25. The van der Waals surface area contributed by atoms with Gasteiger partial charge in [-0.2, -0.15) is 0 Å². The van der Waals surface area contributed by atoms with Gasteiger partial charge in [0.2, 0.25) is 5.91 Å². The number of amides is 1. The molecule has 1 heterocycles. The Morgan fingerprint density at radius 2 is 1.17 bits per heavy atom. The Bertz CT molecular complexity index is 1810. The minimum Gasteiger partial charge on any atom is -0.497 e. The van der Waals surface area contributed by atoms with Gasteiger partial charge in [-0.3, -0.25) is 9.59 Å². The number of rotatable bonds is 17. The molecule has 4 aromatic rings. The molecular formula is C35H40N4O9. The quantitative estimate of drug-likeness (QED) is 0.162. The summed E-state index contributed by atoms with van der Waals surface area (Å²) in [6, 6.07) is 24.4. The highest BCUT2D eigenvalue weighted by molar-refractivity contribution is 5.80. The van der Waals surface area contributed by atoms with Crippen molar-refractivity contribution in [3.05, 3.63) is 127 Å². The molecule has 0 aliphatic rings. The van der Waals surface area contributed by atoms with Gasteiger partial charge in [-0.05, 0) is 47.4 Å². The molecule has 1 aromatic heterocycles. The van der Waals surface area contributed by atoms with E-state index in [1.54, 1.807) is 21.1 Å². The van der Waals surface area contributed by atoms with Gasteiger partial charge in [0.25, 0.3) is 0 Å². The average Bonchev–Trinajstić information content (AvgIpc) is 3.11. The number of hydrogen-bond acceptors (Lipinski definition) is 8. The first-order valence-corrected chi connectivity index (χ1v) is 15.6. The molecule has 0 spiro atoms. The lowest BCUT2D eigenvalue weighted by atomic mass is 9.80. The second-order valence-corrected chi connectivity index (χ2v) is 10.9. The number of nitrogens with zero attached hydrogens (tertiary/aromatic N) is 3. The fourth-order valence-electron chi connectivity index (χ4n) is 5.46. The van der Waals surface area contributed by atoms with Gasteiger partial charge in [-0.15, -0.1) is 0 Å². The fraction of sp³-hybridized carbons (Fsp3) is 0.343. The van der Waals surface area contributed by atoms with Gasteiger partial charge in [0, 0.05) is 26.1 Å². The van der Waals surface area contributed by atoms with Crippen LogP contribution in [0.4, 0.5) is 0 Å². The number of hydrogen-bond donors (Lipinski definition) is 2. The van der Waals surface area contributed by atoms with Crippen LogP contribution in [-0.4, -0.2) is 58.1 Å². The zero-order valence-electron chi connectivity index (χ0n) is 27.2. The number of ether oxygens (including phenoxy) is 3. The number of carboxylic acid groups (broad SMARTS) is 1. The molecule has 0 fully saturated rings. The first-order chi connectivity index (χ1) is 23.2. The predicted molar refractivity (Wildman–Crippen MR) is 178 cm³/mol. The minimum atomic E-state index is -1.19. The third-order valence-corrected chi connectivity index (χ3v) is 7.86. The smallest absolute Gasteiger partial charge is 0.336 e. The maximum atomic E-state index is 13.6. The van der Waals surface area contributed by atoms with Crippen molar-refractivity contribution in [1.82, 2.24) is 19.0 Å². The summed E-state index contributed by atoms with van der Waals surface area (Å²) in [6.07, 6.45) is -0.133. The van der Waals surface area contributed by atoms with Crippen molar-refractivity contribution in [2.24, 2.45) is 0 Å². The summed E-state index contributed by atoms with van der Waals surface area (Å²) in [4.78, 5) is 63.1. The van der Waals surface area contributed by atoms with Crippen molar-refractivity contribution in [3.63, 3.8) is 0 Å². The second kappa shape index (κ2) is 16.4. The maximum Gasteiger partial charge on any atom is 0.336 e. The van der Waals surface area contributed by atoms with Crippen molar-refractivity contribution >= 4 is 11.9 Å². The number of aromatic nitrogens is 3. The van der Waals surface area contributed by atoms with Crippen LogP contribution >= 0.6 is 0 Å². The largest absolute Gasteiger partial charge is 0.497 e. The molecule has 0 atom stereocenters. The number of benzene rings is 3. The highest BCUT2D eigenvalue weighted by atomic mass is 16.5. The van der Waals surface area contributed by atoms with E-state index < -0.39 is 34.5 Å².